The van der Waals surface area contributed by atoms with Crippen LogP contribution in [0.2, 0.25) is 0 Å². The molecule has 0 bridgehead atoms. The highest BCUT2D eigenvalue weighted by atomic mass is 16.3. The standard InChI is InChI=1S/C29H33N5O/c35-19-20-10-11-21(22(15-20)16-31-23-12-13-23)17-34(18-29-32-26-6-1-2-7-27(26)33-29)28-9-3-8-25-24(28)5-4-14-30-25/h1-2,4-7,10-11,14-15,23,28,31,35H,3,8-9,12-13,16-19H2,(H,32,33). The summed E-state index contributed by atoms with van der Waals surface area (Å²) in [6.07, 6.45) is 7.75. The van der Waals surface area contributed by atoms with E-state index in [9.17, 15) is 5.11 Å². The lowest BCUT2D eigenvalue weighted by molar-refractivity contribution is 0.156. The average Bonchev–Trinajstić information content (AvgIpc) is 3.64. The van der Waals surface area contributed by atoms with E-state index in [0.29, 0.717) is 12.1 Å². The number of aromatic amines is 1. The summed E-state index contributed by atoms with van der Waals surface area (Å²) in [4.78, 5) is 15.7. The Morgan fingerprint density at radius 2 is 1.91 bits per heavy atom. The maximum atomic E-state index is 9.75. The van der Waals surface area contributed by atoms with Gasteiger partial charge in [0, 0.05) is 37.1 Å². The van der Waals surface area contributed by atoms with E-state index in [4.69, 9.17) is 9.97 Å². The minimum absolute atomic E-state index is 0.0705. The fourth-order valence-electron chi connectivity index (χ4n) is 5.37. The van der Waals surface area contributed by atoms with Crippen molar-refractivity contribution in [2.45, 2.75) is 70.4 Å². The van der Waals surface area contributed by atoms with E-state index in [1.807, 2.05) is 18.3 Å². The molecule has 2 aromatic heterocycles. The molecule has 0 saturated heterocycles. The number of H-pyrrole nitrogens is 1. The number of nitrogens with zero attached hydrogens (tertiary/aromatic N) is 3. The van der Waals surface area contributed by atoms with Crippen molar-refractivity contribution in [2.75, 3.05) is 0 Å². The maximum absolute atomic E-state index is 9.75. The van der Waals surface area contributed by atoms with Gasteiger partial charge in [0.05, 0.1) is 24.2 Å². The third-order valence-corrected chi connectivity index (χ3v) is 7.39. The number of hydrogen-bond donors (Lipinski definition) is 3. The van der Waals surface area contributed by atoms with E-state index in [1.165, 1.54) is 35.2 Å². The number of aliphatic hydroxyl groups is 1. The molecule has 6 heteroatoms. The monoisotopic (exact) mass is 467 g/mol. The Balaban J connectivity index is 1.34. The molecule has 1 atom stereocenters. The van der Waals surface area contributed by atoms with Gasteiger partial charge in [-0.05, 0) is 72.6 Å². The Bertz CT molecular complexity index is 1280. The lowest BCUT2D eigenvalue weighted by atomic mass is 9.89. The minimum atomic E-state index is 0.0705. The SMILES string of the molecule is OCc1ccc(CN(Cc2nc3ccccc3[nH]2)C2CCCc3ncccc32)c(CNC2CC2)c1. The fraction of sp³-hybridized carbons (Fsp3) is 0.379. The average molecular weight is 468 g/mol. The number of aliphatic hydroxyl groups excluding tert-OH is 1. The van der Waals surface area contributed by atoms with Gasteiger partial charge in [-0.15, -0.1) is 0 Å². The first kappa shape index (κ1) is 22.4. The highest BCUT2D eigenvalue weighted by molar-refractivity contribution is 5.74. The lowest BCUT2D eigenvalue weighted by Crippen LogP contribution is -2.32. The van der Waals surface area contributed by atoms with Crippen molar-refractivity contribution in [3.8, 4) is 0 Å². The molecule has 1 unspecified atom stereocenters. The number of benzene rings is 2. The Hall–Kier alpha value is -3.06. The number of nitrogens with one attached hydrogen (secondary N) is 2. The second kappa shape index (κ2) is 9.90. The molecule has 3 N–H and O–H groups in total. The van der Waals surface area contributed by atoms with Crippen molar-refractivity contribution in [2.24, 2.45) is 0 Å². The van der Waals surface area contributed by atoms with Crippen molar-refractivity contribution in [1.82, 2.24) is 25.2 Å². The predicted molar refractivity (Wildman–Crippen MR) is 137 cm³/mol. The molecule has 6 rings (SSSR count). The second-order valence-corrected chi connectivity index (χ2v) is 9.97. The van der Waals surface area contributed by atoms with Crippen molar-refractivity contribution in [3.63, 3.8) is 0 Å². The Labute approximate surface area is 206 Å². The maximum Gasteiger partial charge on any atom is 0.121 e. The molecule has 2 aromatic carbocycles. The van der Waals surface area contributed by atoms with Crippen LogP contribution in [0.3, 0.4) is 0 Å². The minimum Gasteiger partial charge on any atom is -0.392 e. The van der Waals surface area contributed by atoms with Gasteiger partial charge in [-0.1, -0.05) is 36.4 Å². The third kappa shape index (κ3) is 5.01. The molecular formula is C29H33N5O. The number of rotatable bonds is 9. The molecule has 2 aliphatic rings. The summed E-state index contributed by atoms with van der Waals surface area (Å²) >= 11 is 0. The van der Waals surface area contributed by atoms with Gasteiger partial charge in [-0.2, -0.15) is 0 Å². The van der Waals surface area contributed by atoms with Crippen LogP contribution in [-0.4, -0.2) is 31.0 Å². The van der Waals surface area contributed by atoms with Crippen molar-refractivity contribution >= 4 is 11.0 Å². The quantitative estimate of drug-likeness (QED) is 0.330. The number of hydrogen-bond acceptors (Lipinski definition) is 5. The van der Waals surface area contributed by atoms with Crippen LogP contribution in [-0.2, 0) is 32.7 Å². The molecule has 2 heterocycles. The van der Waals surface area contributed by atoms with Gasteiger partial charge in [0.2, 0.25) is 0 Å². The van der Waals surface area contributed by atoms with Crippen LogP contribution in [0, 0.1) is 0 Å². The van der Waals surface area contributed by atoms with Crippen LogP contribution in [0.1, 0.15) is 65.5 Å². The predicted octanol–water partition coefficient (Wildman–Crippen LogP) is 4.78. The molecule has 1 saturated carbocycles. The van der Waals surface area contributed by atoms with Gasteiger partial charge >= 0.3 is 0 Å². The van der Waals surface area contributed by atoms with Gasteiger partial charge < -0.3 is 15.4 Å². The molecule has 6 nitrogen and oxygen atoms in total. The zero-order valence-corrected chi connectivity index (χ0v) is 20.1. The molecular weight excluding hydrogens is 434 g/mol. The Kier molecular flexibility index (Phi) is 6.34. The first-order valence-corrected chi connectivity index (χ1v) is 12.8. The van der Waals surface area contributed by atoms with Crippen LogP contribution in [0.15, 0.2) is 60.8 Å². The van der Waals surface area contributed by atoms with Crippen LogP contribution in [0.5, 0.6) is 0 Å². The van der Waals surface area contributed by atoms with Crippen molar-refractivity contribution in [3.05, 3.63) is 94.6 Å². The molecule has 2 aliphatic carbocycles. The van der Waals surface area contributed by atoms with Crippen LogP contribution in [0.4, 0.5) is 0 Å². The zero-order valence-electron chi connectivity index (χ0n) is 20.1. The van der Waals surface area contributed by atoms with Gasteiger partial charge in [0.15, 0.2) is 0 Å². The summed E-state index contributed by atoms with van der Waals surface area (Å²) < 4.78 is 0. The van der Waals surface area contributed by atoms with Gasteiger partial charge in [-0.25, -0.2) is 4.98 Å². The molecule has 4 aromatic rings. The topological polar surface area (TPSA) is 77.1 Å². The van der Waals surface area contributed by atoms with E-state index in [2.05, 4.69) is 57.7 Å². The van der Waals surface area contributed by atoms with E-state index in [1.54, 1.807) is 0 Å². The summed E-state index contributed by atoms with van der Waals surface area (Å²) in [6.45, 7) is 2.48. The molecule has 1 fully saturated rings. The Morgan fingerprint density at radius 1 is 1.00 bits per heavy atom. The normalized spacial score (nSPS) is 17.7. The summed E-state index contributed by atoms with van der Waals surface area (Å²) in [6, 6.07) is 19.9. The van der Waals surface area contributed by atoms with Crippen LogP contribution in [0.25, 0.3) is 11.0 Å². The third-order valence-electron chi connectivity index (χ3n) is 7.39. The lowest BCUT2D eigenvalue weighted by Gasteiger charge is -2.35. The second-order valence-electron chi connectivity index (χ2n) is 9.97. The number of pyridine rings is 1. The van der Waals surface area contributed by atoms with Gasteiger partial charge in [-0.3, -0.25) is 9.88 Å². The zero-order chi connectivity index (χ0) is 23.6. The van der Waals surface area contributed by atoms with E-state index in [0.717, 1.165) is 61.3 Å². The number of aryl methyl sites for hydroxylation is 1. The molecule has 0 aliphatic heterocycles. The molecule has 180 valence electrons. The fourth-order valence-corrected chi connectivity index (χ4v) is 5.37. The van der Waals surface area contributed by atoms with E-state index in [-0.39, 0.29) is 6.61 Å². The first-order chi connectivity index (χ1) is 17.3. The van der Waals surface area contributed by atoms with Gasteiger partial charge in [0.1, 0.15) is 5.82 Å². The van der Waals surface area contributed by atoms with Crippen LogP contribution < -0.4 is 5.32 Å². The van der Waals surface area contributed by atoms with Crippen LogP contribution >= 0.6 is 0 Å². The number of aromatic nitrogens is 3. The molecule has 0 radical (unpaired) electrons. The van der Waals surface area contributed by atoms with Crippen molar-refractivity contribution < 1.29 is 5.11 Å². The van der Waals surface area contributed by atoms with Gasteiger partial charge in [0.25, 0.3) is 0 Å². The first-order valence-electron chi connectivity index (χ1n) is 12.8. The summed E-state index contributed by atoms with van der Waals surface area (Å²) in [5.74, 6) is 0.992. The van der Waals surface area contributed by atoms with E-state index < -0.39 is 0 Å². The molecule has 0 amide bonds. The van der Waals surface area contributed by atoms with E-state index >= 15 is 0 Å². The number of para-hydroxylation sites is 2. The number of fused-ring (bicyclic) bond motifs is 2. The molecule has 0 spiro atoms. The number of imidazole rings is 1. The highest BCUT2D eigenvalue weighted by Crippen LogP contribution is 2.35. The molecule has 35 heavy (non-hydrogen) atoms. The smallest absolute Gasteiger partial charge is 0.121 e. The summed E-state index contributed by atoms with van der Waals surface area (Å²) in [5.41, 5.74) is 8.22. The summed E-state index contributed by atoms with van der Waals surface area (Å²) in [7, 11) is 0. The largest absolute Gasteiger partial charge is 0.392 e. The Morgan fingerprint density at radius 3 is 2.77 bits per heavy atom. The highest BCUT2D eigenvalue weighted by Gasteiger charge is 2.28. The summed E-state index contributed by atoms with van der Waals surface area (Å²) in [5, 5.41) is 13.4. The van der Waals surface area contributed by atoms with Crippen molar-refractivity contribution in [1.29, 1.82) is 0 Å².